The number of phenolic OH excluding ortho intramolecular Hbond substituents is 1. The number of para-hydroxylation sites is 1. The number of nitrogens with one attached hydrogen (secondary N) is 3. The van der Waals surface area contributed by atoms with Crippen LogP contribution in [-0.4, -0.2) is 166 Å². The highest BCUT2D eigenvalue weighted by molar-refractivity contribution is 5.93. The minimum Gasteiger partial charge on any atom is -0.507 e. The lowest BCUT2D eigenvalue weighted by atomic mass is 9.82. The number of terminal acetylenes is 1. The third-order valence-electron chi connectivity index (χ3n) is 16.1. The lowest BCUT2D eigenvalue weighted by Gasteiger charge is -2.50. The van der Waals surface area contributed by atoms with E-state index in [1.165, 1.54) is 30.6 Å². The molecule has 16 nitrogen and oxygen atoms in total. The third kappa shape index (κ3) is 10.7. The van der Waals surface area contributed by atoms with Crippen molar-refractivity contribution in [2.45, 2.75) is 127 Å². The molecule has 0 spiro atoms. The number of carbonyl (C=O) groups excluding carboxylic acids is 3. The van der Waals surface area contributed by atoms with Crippen molar-refractivity contribution in [3.05, 3.63) is 59.7 Å². The molecule has 0 radical (unpaired) electrons. The van der Waals surface area contributed by atoms with Crippen molar-refractivity contribution in [1.82, 2.24) is 40.4 Å². The molecule has 5 fully saturated rings. The largest absolute Gasteiger partial charge is 0.507 e. The minimum atomic E-state index is -0.872. The minimum absolute atomic E-state index is 0.0222. The molecule has 9 rings (SSSR count). The monoisotopic (exact) mass is 945 g/mol. The van der Waals surface area contributed by atoms with Crippen LogP contribution in [0.3, 0.4) is 0 Å². The van der Waals surface area contributed by atoms with Gasteiger partial charge in [-0.1, -0.05) is 44.9 Å². The van der Waals surface area contributed by atoms with E-state index in [2.05, 4.69) is 57.7 Å². The molecule has 6 aliphatic rings. The van der Waals surface area contributed by atoms with Gasteiger partial charge in [0.1, 0.15) is 23.6 Å². The number of piperidine rings is 2. The van der Waals surface area contributed by atoms with Gasteiger partial charge in [0.25, 0.3) is 0 Å². The van der Waals surface area contributed by atoms with Gasteiger partial charge >= 0.3 is 0 Å². The van der Waals surface area contributed by atoms with Crippen molar-refractivity contribution in [2.75, 3.05) is 76.2 Å². The summed E-state index contributed by atoms with van der Waals surface area (Å²) in [5.41, 5.74) is 3.23. The van der Waals surface area contributed by atoms with E-state index >= 15 is 0 Å². The van der Waals surface area contributed by atoms with Crippen LogP contribution in [-0.2, 0) is 20.9 Å². The number of aromatic nitrogens is 2. The number of benzene rings is 2. The van der Waals surface area contributed by atoms with Crippen LogP contribution in [0, 0.1) is 23.7 Å². The first kappa shape index (κ1) is 48.5. The van der Waals surface area contributed by atoms with Gasteiger partial charge in [-0.25, -0.2) is 0 Å². The van der Waals surface area contributed by atoms with Crippen molar-refractivity contribution in [3.63, 3.8) is 0 Å². The van der Waals surface area contributed by atoms with Crippen molar-refractivity contribution in [3.8, 4) is 35.1 Å². The fourth-order valence-electron chi connectivity index (χ4n) is 12.1. The van der Waals surface area contributed by atoms with E-state index in [1.54, 1.807) is 31.4 Å². The van der Waals surface area contributed by atoms with Crippen molar-refractivity contribution in [2.24, 2.45) is 11.3 Å². The van der Waals surface area contributed by atoms with E-state index in [-0.39, 0.29) is 48.9 Å². The second kappa shape index (κ2) is 20.9. The van der Waals surface area contributed by atoms with Crippen LogP contribution < -0.4 is 25.6 Å². The quantitative estimate of drug-likeness (QED) is 0.174. The summed E-state index contributed by atoms with van der Waals surface area (Å²) < 4.78 is 5.48. The van der Waals surface area contributed by atoms with Crippen LogP contribution >= 0.6 is 0 Å². The molecule has 4 saturated heterocycles. The molecule has 69 heavy (non-hydrogen) atoms. The normalized spacial score (nSPS) is 25.7. The van der Waals surface area contributed by atoms with E-state index in [1.807, 2.05) is 39.0 Å². The number of amides is 3. The lowest BCUT2D eigenvalue weighted by molar-refractivity contribution is -0.144. The second-order valence-electron chi connectivity index (χ2n) is 21.3. The number of aliphatic hydroxyl groups excluding tert-OH is 1. The summed E-state index contributed by atoms with van der Waals surface area (Å²) in [6.45, 7) is 14.3. The van der Waals surface area contributed by atoms with Gasteiger partial charge in [-0.15, -0.1) is 16.6 Å². The van der Waals surface area contributed by atoms with Crippen molar-refractivity contribution >= 4 is 29.2 Å². The number of rotatable bonds is 11. The molecule has 5 N–H and O–H groups in total. The number of hydrogen-bond acceptors (Lipinski definition) is 13. The fraction of sp³-hybridized carbons (Fsp3) is 0.604. The highest BCUT2D eigenvalue weighted by Gasteiger charge is 2.46. The van der Waals surface area contributed by atoms with E-state index < -0.39 is 23.6 Å². The number of phenols is 1. The summed E-state index contributed by atoms with van der Waals surface area (Å²) in [5.74, 6) is 3.15. The number of fused-ring (bicyclic) bond motifs is 3. The zero-order chi connectivity index (χ0) is 48.4. The standard InChI is InChI=1S/C53H72N10O6/c1-6-34-11-12-36(47(27-34)69-5)30-55-51(67)45-28-41(64)33-63(45)52(68)48(53(2,3)4)56-50(66)35-13-15-37(16-14-35)59-21-17-38(18-22-59)60-23-19-39(20-24-60)61-25-26-62-40(32-61)31-54-49-44(62)29-43(57-58-49)42-9-7-8-10-46(42)65/h1,7-12,27,29,35,37-41,45,48,64-65H,13-26,28,30-33H2,2-5H3,(H,54,58)(H,55,67)(H,56,66)/t35-,37-,40-,41+,45-,48+/m0/s1. The average molecular weight is 945 g/mol. The second-order valence-corrected chi connectivity index (χ2v) is 21.3. The molecule has 3 aromatic rings. The van der Waals surface area contributed by atoms with Crippen LogP contribution in [0.5, 0.6) is 11.5 Å². The molecule has 1 aliphatic carbocycles. The number of aliphatic hydroxyl groups is 1. The van der Waals surface area contributed by atoms with Crippen molar-refractivity contribution < 1.29 is 29.3 Å². The van der Waals surface area contributed by atoms with Crippen molar-refractivity contribution in [1.29, 1.82) is 0 Å². The predicted molar refractivity (Wildman–Crippen MR) is 266 cm³/mol. The first-order valence-corrected chi connectivity index (χ1v) is 25.4. The van der Waals surface area contributed by atoms with Crippen LogP contribution in [0.25, 0.3) is 11.3 Å². The van der Waals surface area contributed by atoms with E-state index in [4.69, 9.17) is 11.2 Å². The third-order valence-corrected chi connectivity index (χ3v) is 16.1. The van der Waals surface area contributed by atoms with E-state index in [0.717, 1.165) is 95.1 Å². The number of nitrogens with zero attached hydrogens (tertiary/aromatic N) is 7. The smallest absolute Gasteiger partial charge is 0.246 e. The molecule has 1 saturated carbocycles. The fourth-order valence-corrected chi connectivity index (χ4v) is 12.1. The topological polar surface area (TPSA) is 179 Å². The Hall–Kier alpha value is -5.47. The Bertz CT molecular complexity index is 2360. The molecule has 5 aliphatic heterocycles. The molecule has 1 aromatic heterocycles. The van der Waals surface area contributed by atoms with E-state index in [9.17, 15) is 24.6 Å². The highest BCUT2D eigenvalue weighted by Crippen LogP contribution is 2.38. The first-order valence-electron chi connectivity index (χ1n) is 25.4. The van der Waals surface area contributed by atoms with Crippen LogP contribution in [0.15, 0.2) is 48.5 Å². The predicted octanol–water partition coefficient (Wildman–Crippen LogP) is 4.05. The average Bonchev–Trinajstić information content (AvgIpc) is 3.78. The Morgan fingerprint density at radius 1 is 0.841 bits per heavy atom. The Balaban J connectivity index is 0.709. The summed E-state index contributed by atoms with van der Waals surface area (Å²) in [4.78, 5) is 53.9. The number of hydrogen-bond donors (Lipinski definition) is 5. The number of carbonyl (C=O) groups is 3. The molecule has 0 bridgehead atoms. The van der Waals surface area contributed by atoms with Gasteiger partial charge in [-0.05, 0) is 113 Å². The maximum atomic E-state index is 14.3. The summed E-state index contributed by atoms with van der Waals surface area (Å²) >= 11 is 0. The molecule has 370 valence electrons. The molecular weight excluding hydrogens is 873 g/mol. The van der Waals surface area contributed by atoms with Crippen LogP contribution in [0.1, 0.15) is 89.7 Å². The van der Waals surface area contributed by atoms with Crippen LogP contribution in [0.4, 0.5) is 11.5 Å². The Morgan fingerprint density at radius 2 is 1.52 bits per heavy atom. The number of β-amino-alcohol motifs (C(OH)–C–C–N with tert-alkyl or cyclic N) is 1. The molecule has 4 atom stereocenters. The number of aromatic hydroxyl groups is 1. The molecule has 0 unspecified atom stereocenters. The number of methoxy groups -OCH3 is 1. The maximum Gasteiger partial charge on any atom is 0.246 e. The number of piperazine rings is 1. The number of ether oxygens (including phenoxy) is 1. The molecule has 16 heteroatoms. The lowest BCUT2D eigenvalue weighted by Crippen LogP contribution is -2.61. The molecule has 2 aromatic carbocycles. The summed E-state index contributed by atoms with van der Waals surface area (Å²) in [6, 6.07) is 15.0. The number of anilines is 2. The van der Waals surface area contributed by atoms with Gasteiger partial charge < -0.3 is 50.5 Å². The van der Waals surface area contributed by atoms with Crippen LogP contribution in [0.2, 0.25) is 0 Å². The maximum absolute atomic E-state index is 14.3. The molecular formula is C53H72N10O6. The Morgan fingerprint density at radius 3 is 2.19 bits per heavy atom. The highest BCUT2D eigenvalue weighted by atomic mass is 16.5. The van der Waals surface area contributed by atoms with Gasteiger partial charge in [-0.3, -0.25) is 19.3 Å². The first-order chi connectivity index (χ1) is 33.3. The van der Waals surface area contributed by atoms with E-state index in [0.29, 0.717) is 46.7 Å². The van der Waals surface area contributed by atoms with Gasteiger partial charge in [-0.2, -0.15) is 0 Å². The molecule has 3 amide bonds. The zero-order valence-electron chi connectivity index (χ0n) is 40.9. The molecule has 6 heterocycles. The van der Waals surface area contributed by atoms with Gasteiger partial charge in [0.2, 0.25) is 17.7 Å². The summed E-state index contributed by atoms with van der Waals surface area (Å²) in [7, 11) is 1.54. The Kier molecular flexibility index (Phi) is 14.7. The van der Waals surface area contributed by atoms with Gasteiger partial charge in [0.15, 0.2) is 5.82 Å². The summed E-state index contributed by atoms with van der Waals surface area (Å²) in [6.07, 6.45) is 13.0. The number of likely N-dealkylation sites (tertiary alicyclic amines) is 3. The van der Waals surface area contributed by atoms with Gasteiger partial charge in [0, 0.05) is 86.4 Å². The SMILES string of the molecule is C#Cc1ccc(CNC(=O)[C@@H]2C[C@@H](O)CN2C(=O)[C@@H](NC(=O)[C@H]2CC[C@H](N3CCC(N4CCC(N5CCN6c7cc(-c8ccccc8O)nnc7NC[C@H]6C5)CC4)CC3)CC2)C(C)(C)C)c(OC)c1. The Labute approximate surface area is 407 Å². The summed E-state index contributed by atoms with van der Waals surface area (Å²) in [5, 5.41) is 39.7. The van der Waals surface area contributed by atoms with Gasteiger partial charge in [0.05, 0.1) is 30.6 Å². The zero-order valence-corrected chi connectivity index (χ0v) is 40.9.